The van der Waals surface area contributed by atoms with Crippen molar-refractivity contribution in [1.29, 1.82) is 0 Å². The second-order valence-corrected chi connectivity index (χ2v) is 3.72. The number of piperidine rings is 1. The van der Waals surface area contributed by atoms with Gasteiger partial charge in [0.1, 0.15) is 5.82 Å². The summed E-state index contributed by atoms with van der Waals surface area (Å²) < 4.78 is 5.32. The normalized spacial score (nSPS) is 21.7. The smallest absolute Gasteiger partial charge is 0.252 e. The molecule has 1 unspecified atom stereocenters. The van der Waals surface area contributed by atoms with Gasteiger partial charge in [0, 0.05) is 26.3 Å². The summed E-state index contributed by atoms with van der Waals surface area (Å²) >= 11 is 0. The largest absolute Gasteiger partial charge is 0.380 e. The van der Waals surface area contributed by atoms with Crippen LogP contribution in [0.3, 0.4) is 0 Å². The first-order valence-corrected chi connectivity index (χ1v) is 5.12. The van der Waals surface area contributed by atoms with Crippen molar-refractivity contribution in [3.8, 4) is 0 Å². The van der Waals surface area contributed by atoms with Gasteiger partial charge in [-0.3, -0.25) is 4.79 Å². The molecule has 0 saturated carbocycles. The molecule has 0 radical (unpaired) electrons. The molecule has 1 N–H and O–H groups in total. The van der Waals surface area contributed by atoms with E-state index in [2.05, 4.69) is 14.9 Å². The van der Waals surface area contributed by atoms with Gasteiger partial charge in [0.2, 0.25) is 0 Å². The Morgan fingerprint density at radius 1 is 1.67 bits per heavy atom. The van der Waals surface area contributed by atoms with Crippen LogP contribution in [0.1, 0.15) is 12.8 Å². The Bertz CT molecular complexity index is 377. The van der Waals surface area contributed by atoms with E-state index in [1.807, 2.05) is 0 Å². The van der Waals surface area contributed by atoms with Crippen molar-refractivity contribution in [3.05, 3.63) is 22.7 Å². The first-order valence-electron chi connectivity index (χ1n) is 5.12. The van der Waals surface area contributed by atoms with Crippen molar-refractivity contribution in [1.82, 2.24) is 9.97 Å². The standard InChI is InChI=1S/C10H15N3O2/c1-15-8-3-2-4-13(6-8)9-5-10(14)12-7-11-9/h5,7-8H,2-4,6H2,1H3,(H,11,12,14). The predicted octanol–water partition coefficient (Wildman–Crippen LogP) is 0.385. The van der Waals surface area contributed by atoms with E-state index in [0.717, 1.165) is 31.7 Å². The summed E-state index contributed by atoms with van der Waals surface area (Å²) in [5, 5.41) is 0. The molecule has 1 fully saturated rings. The van der Waals surface area contributed by atoms with Crippen molar-refractivity contribution < 1.29 is 4.74 Å². The topological polar surface area (TPSA) is 58.2 Å². The Morgan fingerprint density at radius 3 is 3.27 bits per heavy atom. The molecule has 1 aromatic heterocycles. The highest BCUT2D eigenvalue weighted by Crippen LogP contribution is 2.17. The number of anilines is 1. The summed E-state index contributed by atoms with van der Waals surface area (Å²) in [6.45, 7) is 1.75. The SMILES string of the molecule is COC1CCCN(c2cc(=O)[nH]cn2)C1. The van der Waals surface area contributed by atoms with Gasteiger partial charge in [-0.05, 0) is 12.8 Å². The molecule has 0 aliphatic carbocycles. The summed E-state index contributed by atoms with van der Waals surface area (Å²) in [6.07, 6.45) is 3.84. The molecule has 0 bridgehead atoms. The zero-order chi connectivity index (χ0) is 10.7. The minimum Gasteiger partial charge on any atom is -0.380 e. The number of methoxy groups -OCH3 is 1. The fourth-order valence-electron chi connectivity index (χ4n) is 1.87. The van der Waals surface area contributed by atoms with E-state index in [1.165, 1.54) is 12.4 Å². The number of hydrogen-bond acceptors (Lipinski definition) is 4. The van der Waals surface area contributed by atoms with Crippen LogP contribution < -0.4 is 10.5 Å². The van der Waals surface area contributed by atoms with Gasteiger partial charge in [0.25, 0.3) is 5.56 Å². The van der Waals surface area contributed by atoms with Crippen LogP contribution in [-0.2, 0) is 4.74 Å². The minimum absolute atomic E-state index is 0.112. The van der Waals surface area contributed by atoms with Crippen LogP contribution >= 0.6 is 0 Å². The average molecular weight is 209 g/mol. The highest BCUT2D eigenvalue weighted by Gasteiger charge is 2.20. The van der Waals surface area contributed by atoms with Gasteiger partial charge >= 0.3 is 0 Å². The number of nitrogens with one attached hydrogen (secondary N) is 1. The lowest BCUT2D eigenvalue weighted by molar-refractivity contribution is 0.0891. The first-order chi connectivity index (χ1) is 7.29. The van der Waals surface area contributed by atoms with E-state index in [4.69, 9.17) is 4.74 Å². The average Bonchev–Trinajstić information content (AvgIpc) is 2.29. The van der Waals surface area contributed by atoms with Crippen molar-refractivity contribution in [2.45, 2.75) is 18.9 Å². The molecular weight excluding hydrogens is 194 g/mol. The minimum atomic E-state index is -0.112. The highest BCUT2D eigenvalue weighted by atomic mass is 16.5. The second kappa shape index (κ2) is 4.44. The molecule has 1 aromatic rings. The number of hydrogen-bond donors (Lipinski definition) is 1. The summed E-state index contributed by atoms with van der Waals surface area (Å²) in [5.41, 5.74) is -0.112. The molecule has 1 saturated heterocycles. The molecule has 2 heterocycles. The van der Waals surface area contributed by atoms with E-state index in [0.29, 0.717) is 0 Å². The third-order valence-electron chi connectivity index (χ3n) is 2.70. The van der Waals surface area contributed by atoms with Gasteiger partial charge in [0.05, 0.1) is 12.4 Å². The van der Waals surface area contributed by atoms with Crippen LogP contribution in [0.25, 0.3) is 0 Å². The van der Waals surface area contributed by atoms with Crippen LogP contribution in [0.2, 0.25) is 0 Å². The van der Waals surface area contributed by atoms with Gasteiger partial charge in [-0.1, -0.05) is 0 Å². The van der Waals surface area contributed by atoms with Crippen LogP contribution in [0.4, 0.5) is 5.82 Å². The zero-order valence-electron chi connectivity index (χ0n) is 8.77. The quantitative estimate of drug-likeness (QED) is 0.765. The Morgan fingerprint density at radius 2 is 2.53 bits per heavy atom. The van der Waals surface area contributed by atoms with E-state index in [1.54, 1.807) is 7.11 Å². The molecule has 1 aliphatic rings. The molecule has 1 aliphatic heterocycles. The van der Waals surface area contributed by atoms with Gasteiger partial charge in [-0.15, -0.1) is 0 Å². The van der Waals surface area contributed by atoms with Crippen LogP contribution in [0.5, 0.6) is 0 Å². The van der Waals surface area contributed by atoms with Gasteiger partial charge in [-0.25, -0.2) is 4.98 Å². The predicted molar refractivity (Wildman–Crippen MR) is 57.1 cm³/mol. The third-order valence-corrected chi connectivity index (χ3v) is 2.70. The Labute approximate surface area is 88.1 Å². The summed E-state index contributed by atoms with van der Waals surface area (Å²) in [7, 11) is 1.72. The molecule has 5 nitrogen and oxygen atoms in total. The van der Waals surface area contributed by atoms with E-state index < -0.39 is 0 Å². The third kappa shape index (κ3) is 2.36. The maximum absolute atomic E-state index is 11.1. The highest BCUT2D eigenvalue weighted by molar-refractivity contribution is 5.37. The molecule has 0 spiro atoms. The maximum Gasteiger partial charge on any atom is 0.252 e. The van der Waals surface area contributed by atoms with E-state index in [-0.39, 0.29) is 11.7 Å². The molecule has 2 rings (SSSR count). The Hall–Kier alpha value is -1.36. The monoisotopic (exact) mass is 209 g/mol. The molecule has 1 atom stereocenters. The summed E-state index contributed by atoms with van der Waals surface area (Å²) in [4.78, 5) is 19.9. The second-order valence-electron chi connectivity index (χ2n) is 3.72. The number of H-pyrrole nitrogens is 1. The molecule has 0 amide bonds. The lowest BCUT2D eigenvalue weighted by Gasteiger charge is -2.32. The first kappa shape index (κ1) is 10.2. The fourth-order valence-corrected chi connectivity index (χ4v) is 1.87. The number of nitrogens with zero attached hydrogens (tertiary/aromatic N) is 2. The van der Waals surface area contributed by atoms with Crippen molar-refractivity contribution in [2.24, 2.45) is 0 Å². The fraction of sp³-hybridized carbons (Fsp3) is 0.600. The van der Waals surface area contributed by atoms with Gasteiger partial charge in [-0.2, -0.15) is 0 Å². The van der Waals surface area contributed by atoms with Gasteiger partial charge < -0.3 is 14.6 Å². The summed E-state index contributed by atoms with van der Waals surface area (Å²) in [5.74, 6) is 0.737. The molecule has 5 heteroatoms. The van der Waals surface area contributed by atoms with Crippen molar-refractivity contribution >= 4 is 5.82 Å². The van der Waals surface area contributed by atoms with E-state index in [9.17, 15) is 4.79 Å². The van der Waals surface area contributed by atoms with Crippen LogP contribution in [-0.4, -0.2) is 36.3 Å². The van der Waals surface area contributed by atoms with Crippen molar-refractivity contribution in [3.63, 3.8) is 0 Å². The Kier molecular flexibility index (Phi) is 3.01. The van der Waals surface area contributed by atoms with Gasteiger partial charge in [0.15, 0.2) is 0 Å². The molecule has 82 valence electrons. The number of ether oxygens (including phenoxy) is 1. The molecule has 15 heavy (non-hydrogen) atoms. The van der Waals surface area contributed by atoms with E-state index >= 15 is 0 Å². The van der Waals surface area contributed by atoms with Crippen LogP contribution in [0.15, 0.2) is 17.2 Å². The summed E-state index contributed by atoms with van der Waals surface area (Å²) in [6, 6.07) is 1.53. The molecule has 0 aromatic carbocycles. The maximum atomic E-state index is 11.1. The lowest BCUT2D eigenvalue weighted by atomic mass is 10.1. The zero-order valence-corrected chi connectivity index (χ0v) is 8.77. The number of aromatic amines is 1. The lowest BCUT2D eigenvalue weighted by Crippen LogP contribution is -2.40. The molecular formula is C10H15N3O2. The number of aromatic nitrogens is 2. The Balaban J connectivity index is 2.13. The number of rotatable bonds is 2. The van der Waals surface area contributed by atoms with Crippen molar-refractivity contribution in [2.75, 3.05) is 25.1 Å². The van der Waals surface area contributed by atoms with Crippen LogP contribution in [0, 0.1) is 0 Å².